The average molecular weight is 267 g/mol. The van der Waals surface area contributed by atoms with E-state index in [0.717, 1.165) is 6.26 Å². The van der Waals surface area contributed by atoms with E-state index in [0.29, 0.717) is 17.1 Å². The van der Waals surface area contributed by atoms with Gasteiger partial charge in [0.25, 0.3) is 0 Å². The molecule has 0 fully saturated rings. The van der Waals surface area contributed by atoms with E-state index in [2.05, 4.69) is 5.10 Å². The van der Waals surface area contributed by atoms with Crippen LogP contribution in [0, 0.1) is 0 Å². The van der Waals surface area contributed by atoms with Crippen molar-refractivity contribution in [2.75, 3.05) is 19.1 Å². The highest BCUT2D eigenvalue weighted by molar-refractivity contribution is 7.90. The quantitative estimate of drug-likeness (QED) is 0.834. The number of nitrogen functional groups attached to an aromatic ring is 1. The smallest absolute Gasteiger partial charge is 0.178 e. The molecule has 2 N–H and O–H groups in total. The van der Waals surface area contributed by atoms with Crippen molar-refractivity contribution in [3.63, 3.8) is 0 Å². The molecule has 2 aromatic rings. The fraction of sp³-hybridized carbons (Fsp3) is 0.182. The maximum absolute atomic E-state index is 11.4. The van der Waals surface area contributed by atoms with Crippen molar-refractivity contribution in [3.05, 3.63) is 30.6 Å². The van der Waals surface area contributed by atoms with Gasteiger partial charge in [0.2, 0.25) is 0 Å². The third-order valence-electron chi connectivity index (χ3n) is 2.47. The van der Waals surface area contributed by atoms with E-state index in [9.17, 15) is 8.42 Å². The van der Waals surface area contributed by atoms with Gasteiger partial charge in [-0.2, -0.15) is 5.10 Å². The Morgan fingerprint density at radius 1 is 1.39 bits per heavy atom. The van der Waals surface area contributed by atoms with Gasteiger partial charge < -0.3 is 10.5 Å². The molecule has 0 aliphatic carbocycles. The third-order valence-corrected chi connectivity index (χ3v) is 3.54. The second kappa shape index (κ2) is 4.34. The summed E-state index contributed by atoms with van der Waals surface area (Å²) < 4.78 is 29.3. The minimum atomic E-state index is -3.27. The first-order valence-electron chi connectivity index (χ1n) is 5.10. The summed E-state index contributed by atoms with van der Waals surface area (Å²) in [6.45, 7) is 0. The molecule has 0 amide bonds. The molecule has 0 saturated heterocycles. The minimum Gasteiger partial charge on any atom is -0.497 e. The van der Waals surface area contributed by atoms with Crippen molar-refractivity contribution < 1.29 is 13.2 Å². The standard InChI is InChI=1S/C11H13N3O3S/c1-17-8-3-4-10(12)11(5-8)14-7-9(6-13-14)18(2,15)16/h3-7H,12H2,1-2H3. The van der Waals surface area contributed by atoms with Gasteiger partial charge in [-0.1, -0.05) is 0 Å². The molecule has 18 heavy (non-hydrogen) atoms. The molecule has 0 spiro atoms. The minimum absolute atomic E-state index is 0.143. The number of hydrogen-bond acceptors (Lipinski definition) is 5. The molecule has 96 valence electrons. The van der Waals surface area contributed by atoms with Crippen LogP contribution in [-0.4, -0.2) is 31.6 Å². The maximum Gasteiger partial charge on any atom is 0.178 e. The van der Waals surface area contributed by atoms with Crippen LogP contribution in [0.3, 0.4) is 0 Å². The Kier molecular flexibility index (Phi) is 3.00. The number of hydrogen-bond donors (Lipinski definition) is 1. The van der Waals surface area contributed by atoms with Crippen molar-refractivity contribution in [3.8, 4) is 11.4 Å². The Bertz CT molecular complexity index is 677. The third kappa shape index (κ3) is 2.30. The van der Waals surface area contributed by atoms with Crippen LogP contribution < -0.4 is 10.5 Å². The first-order chi connectivity index (χ1) is 8.41. The predicted octanol–water partition coefficient (Wildman–Crippen LogP) is 0.867. The lowest BCUT2D eigenvalue weighted by Gasteiger charge is -2.07. The molecule has 1 aromatic carbocycles. The molecule has 0 bridgehead atoms. The molecule has 2 rings (SSSR count). The second-order valence-electron chi connectivity index (χ2n) is 3.82. The predicted molar refractivity (Wildman–Crippen MR) is 67.6 cm³/mol. The van der Waals surface area contributed by atoms with Crippen LogP contribution in [0.2, 0.25) is 0 Å². The van der Waals surface area contributed by atoms with Gasteiger partial charge in [0.15, 0.2) is 9.84 Å². The first kappa shape index (κ1) is 12.4. The zero-order chi connectivity index (χ0) is 13.3. The molecule has 0 radical (unpaired) electrons. The van der Waals surface area contributed by atoms with Crippen molar-refractivity contribution in [2.24, 2.45) is 0 Å². The van der Waals surface area contributed by atoms with E-state index in [1.54, 1.807) is 25.3 Å². The summed E-state index contributed by atoms with van der Waals surface area (Å²) in [5.41, 5.74) is 6.89. The molecule has 6 nitrogen and oxygen atoms in total. The summed E-state index contributed by atoms with van der Waals surface area (Å²) >= 11 is 0. The molecule has 1 aromatic heterocycles. The van der Waals surface area contributed by atoms with Gasteiger partial charge in [-0.3, -0.25) is 0 Å². The van der Waals surface area contributed by atoms with Crippen molar-refractivity contribution in [1.29, 1.82) is 0 Å². The van der Waals surface area contributed by atoms with E-state index in [-0.39, 0.29) is 4.90 Å². The number of nitrogens with two attached hydrogens (primary N) is 1. The van der Waals surface area contributed by atoms with Gasteiger partial charge >= 0.3 is 0 Å². The highest BCUT2D eigenvalue weighted by Crippen LogP contribution is 2.23. The Hall–Kier alpha value is -2.02. The van der Waals surface area contributed by atoms with E-state index in [1.807, 2.05) is 0 Å². The average Bonchev–Trinajstić information content (AvgIpc) is 2.78. The zero-order valence-corrected chi connectivity index (χ0v) is 10.8. The van der Waals surface area contributed by atoms with Crippen molar-refractivity contribution in [1.82, 2.24) is 9.78 Å². The summed E-state index contributed by atoms with van der Waals surface area (Å²) in [5.74, 6) is 0.621. The lowest BCUT2D eigenvalue weighted by Crippen LogP contribution is -2.01. The number of methoxy groups -OCH3 is 1. The lowest BCUT2D eigenvalue weighted by molar-refractivity contribution is 0.414. The van der Waals surface area contributed by atoms with E-state index in [4.69, 9.17) is 10.5 Å². The van der Waals surface area contributed by atoms with Gasteiger partial charge in [0, 0.05) is 18.5 Å². The van der Waals surface area contributed by atoms with Gasteiger partial charge in [-0.15, -0.1) is 0 Å². The first-order valence-corrected chi connectivity index (χ1v) is 6.99. The molecular weight excluding hydrogens is 254 g/mol. The Balaban J connectivity index is 2.52. The van der Waals surface area contributed by atoms with Crippen LogP contribution in [0.5, 0.6) is 5.75 Å². The number of benzene rings is 1. The van der Waals surface area contributed by atoms with Crippen LogP contribution in [-0.2, 0) is 9.84 Å². The summed E-state index contributed by atoms with van der Waals surface area (Å²) in [6.07, 6.45) is 3.83. The molecule has 0 aliphatic heterocycles. The number of nitrogens with zero attached hydrogens (tertiary/aromatic N) is 2. The largest absolute Gasteiger partial charge is 0.497 e. The molecular formula is C11H13N3O3S. The molecule has 0 saturated carbocycles. The number of aromatic nitrogens is 2. The Morgan fingerprint density at radius 3 is 2.67 bits per heavy atom. The summed E-state index contributed by atoms with van der Waals surface area (Å²) in [5, 5.41) is 3.99. The van der Waals surface area contributed by atoms with Crippen LogP contribution in [0.4, 0.5) is 5.69 Å². The van der Waals surface area contributed by atoms with Crippen LogP contribution >= 0.6 is 0 Å². The summed E-state index contributed by atoms with van der Waals surface area (Å²) in [4.78, 5) is 0.143. The molecule has 0 unspecified atom stereocenters. The summed E-state index contributed by atoms with van der Waals surface area (Å²) in [6, 6.07) is 5.09. The number of rotatable bonds is 3. The lowest BCUT2D eigenvalue weighted by atomic mass is 10.2. The monoisotopic (exact) mass is 267 g/mol. The van der Waals surface area contributed by atoms with E-state index in [1.165, 1.54) is 17.1 Å². The molecule has 0 atom stereocenters. The Labute approximate surface area is 105 Å². The van der Waals surface area contributed by atoms with Crippen molar-refractivity contribution >= 4 is 15.5 Å². The number of ether oxygens (including phenoxy) is 1. The number of anilines is 1. The van der Waals surface area contributed by atoms with Gasteiger partial charge in [-0.05, 0) is 12.1 Å². The highest BCUT2D eigenvalue weighted by Gasteiger charge is 2.12. The van der Waals surface area contributed by atoms with Gasteiger partial charge in [0.1, 0.15) is 10.6 Å². The zero-order valence-electron chi connectivity index (χ0n) is 9.99. The Morgan fingerprint density at radius 2 is 2.11 bits per heavy atom. The van der Waals surface area contributed by atoms with Crippen LogP contribution in [0.15, 0.2) is 35.5 Å². The molecule has 7 heteroatoms. The molecule has 1 heterocycles. The maximum atomic E-state index is 11.4. The van der Waals surface area contributed by atoms with Crippen molar-refractivity contribution in [2.45, 2.75) is 4.90 Å². The fourth-order valence-electron chi connectivity index (χ4n) is 1.48. The topological polar surface area (TPSA) is 87.2 Å². The van der Waals surface area contributed by atoms with E-state index < -0.39 is 9.84 Å². The number of sulfone groups is 1. The van der Waals surface area contributed by atoms with Gasteiger partial charge in [-0.25, -0.2) is 13.1 Å². The normalized spacial score (nSPS) is 11.4. The van der Waals surface area contributed by atoms with Crippen LogP contribution in [0.25, 0.3) is 5.69 Å². The highest BCUT2D eigenvalue weighted by atomic mass is 32.2. The fourth-order valence-corrected chi connectivity index (χ4v) is 2.01. The second-order valence-corrected chi connectivity index (χ2v) is 5.83. The molecule has 0 aliphatic rings. The van der Waals surface area contributed by atoms with E-state index >= 15 is 0 Å². The summed E-state index contributed by atoms with van der Waals surface area (Å²) in [7, 11) is -1.73. The van der Waals surface area contributed by atoms with Gasteiger partial charge in [0.05, 0.1) is 24.7 Å². The van der Waals surface area contributed by atoms with Crippen LogP contribution in [0.1, 0.15) is 0 Å². The SMILES string of the molecule is COc1ccc(N)c(-n2cc(S(C)(=O)=O)cn2)c1.